The lowest BCUT2D eigenvalue weighted by Crippen LogP contribution is -2.30. The molecule has 4 N–H and O–H groups in total. The van der Waals surface area contributed by atoms with E-state index in [0.29, 0.717) is 13.0 Å². The van der Waals surface area contributed by atoms with Gasteiger partial charge in [0, 0.05) is 18.7 Å². The first-order valence-electron chi connectivity index (χ1n) is 12.1. The van der Waals surface area contributed by atoms with Crippen LogP contribution in [0.3, 0.4) is 0 Å². The smallest absolute Gasteiger partial charge is 0.303 e. The Morgan fingerprint density at radius 2 is 1.69 bits per heavy atom. The van der Waals surface area contributed by atoms with Crippen molar-refractivity contribution in [2.75, 3.05) is 38.0 Å². The Hall–Kier alpha value is -2.44. The van der Waals surface area contributed by atoms with E-state index in [-0.39, 0.29) is 6.42 Å². The Labute approximate surface area is 193 Å². The first-order chi connectivity index (χ1) is 15.7. The summed E-state index contributed by atoms with van der Waals surface area (Å²) in [4.78, 5) is 17.1. The molecule has 2 aliphatic rings. The van der Waals surface area contributed by atoms with E-state index in [0.717, 1.165) is 18.8 Å². The van der Waals surface area contributed by atoms with E-state index >= 15 is 0 Å². The summed E-state index contributed by atoms with van der Waals surface area (Å²) in [6.45, 7) is 5.40. The molecule has 2 aromatic rings. The van der Waals surface area contributed by atoms with Gasteiger partial charge in [0.2, 0.25) is 0 Å². The summed E-state index contributed by atoms with van der Waals surface area (Å²) < 4.78 is 0. The van der Waals surface area contributed by atoms with Crippen LogP contribution in [0.25, 0.3) is 0 Å². The molecule has 6 nitrogen and oxygen atoms in total. The number of nitrogens with two attached hydrogens (primary N) is 1. The van der Waals surface area contributed by atoms with Gasteiger partial charge in [-0.2, -0.15) is 0 Å². The van der Waals surface area contributed by atoms with Crippen molar-refractivity contribution >= 4 is 11.8 Å². The number of aromatic nitrogens is 1. The third-order valence-electron chi connectivity index (χ3n) is 5.57. The molecule has 3 heterocycles. The minimum atomic E-state index is -0.773. The average molecular weight is 441 g/mol. The lowest BCUT2D eigenvalue weighted by Gasteiger charge is -2.26. The molecule has 176 valence electrons. The Kier molecular flexibility index (Phi) is 13.1. The standard InChI is InChI=1S/C16H25N3.C6H6.C4H9NO2/c1-2-11-19(12-3-1)13-5-7-15-9-8-14-6-4-10-17-16(14)18-15;1-2-4-6-5-3-1;5-3-1-2-4(6)7/h8-9H,1-7,10-13H2,(H,17,18);1-6H;1-3,5H2,(H,6,7). The summed E-state index contributed by atoms with van der Waals surface area (Å²) in [5, 5.41) is 11.4. The number of rotatable bonds is 7. The summed E-state index contributed by atoms with van der Waals surface area (Å²) >= 11 is 0. The fourth-order valence-corrected chi connectivity index (χ4v) is 3.81. The lowest BCUT2D eigenvalue weighted by atomic mass is 10.1. The first-order valence-corrected chi connectivity index (χ1v) is 12.1. The highest BCUT2D eigenvalue weighted by atomic mass is 16.4. The highest BCUT2D eigenvalue weighted by Crippen LogP contribution is 2.20. The summed E-state index contributed by atoms with van der Waals surface area (Å²) in [6.07, 6.45) is 9.76. The number of carboxylic acid groups (broad SMARTS) is 1. The van der Waals surface area contributed by atoms with E-state index in [1.807, 2.05) is 36.4 Å². The number of benzene rings is 1. The highest BCUT2D eigenvalue weighted by molar-refractivity contribution is 5.66. The van der Waals surface area contributed by atoms with Gasteiger partial charge in [-0.15, -0.1) is 0 Å². The molecule has 32 heavy (non-hydrogen) atoms. The SMILES string of the molecule is NCCCC(=O)O.c1cc2c(nc1CCCN1CCCCC1)NCCC2.c1ccccc1. The summed E-state index contributed by atoms with van der Waals surface area (Å²) in [5.74, 6) is 0.368. The molecule has 0 amide bonds. The third kappa shape index (κ3) is 11.3. The van der Waals surface area contributed by atoms with Gasteiger partial charge in [-0.1, -0.05) is 48.9 Å². The highest BCUT2D eigenvalue weighted by Gasteiger charge is 2.12. The summed E-state index contributed by atoms with van der Waals surface area (Å²) in [6, 6.07) is 16.5. The maximum absolute atomic E-state index is 9.70. The fraction of sp³-hybridized carbons (Fsp3) is 0.538. The van der Waals surface area contributed by atoms with Crippen LogP contribution in [0.2, 0.25) is 0 Å². The predicted molar refractivity (Wildman–Crippen MR) is 132 cm³/mol. The van der Waals surface area contributed by atoms with Gasteiger partial charge in [0.25, 0.3) is 0 Å². The van der Waals surface area contributed by atoms with Crippen LogP contribution in [0.5, 0.6) is 0 Å². The molecule has 0 spiro atoms. The Morgan fingerprint density at radius 1 is 1.00 bits per heavy atom. The van der Waals surface area contributed by atoms with Gasteiger partial charge >= 0.3 is 5.97 Å². The number of anilines is 1. The van der Waals surface area contributed by atoms with Crippen LogP contribution in [0.15, 0.2) is 48.5 Å². The van der Waals surface area contributed by atoms with E-state index in [4.69, 9.17) is 15.8 Å². The van der Waals surface area contributed by atoms with Crippen molar-refractivity contribution in [1.29, 1.82) is 0 Å². The zero-order valence-corrected chi connectivity index (χ0v) is 19.3. The maximum Gasteiger partial charge on any atom is 0.303 e. The molecule has 0 bridgehead atoms. The van der Waals surface area contributed by atoms with Gasteiger partial charge in [0.15, 0.2) is 0 Å². The quantitative estimate of drug-likeness (QED) is 0.593. The molecule has 2 aliphatic heterocycles. The largest absolute Gasteiger partial charge is 0.481 e. The normalized spacial score (nSPS) is 15.2. The van der Waals surface area contributed by atoms with Gasteiger partial charge in [-0.25, -0.2) is 4.98 Å². The number of nitrogens with one attached hydrogen (secondary N) is 1. The first kappa shape index (κ1) is 25.8. The molecular weight excluding hydrogens is 400 g/mol. The number of aryl methyl sites for hydroxylation is 2. The number of likely N-dealkylation sites (tertiary alicyclic amines) is 1. The molecular formula is C26H40N4O2. The zero-order valence-electron chi connectivity index (χ0n) is 19.3. The molecule has 6 heteroatoms. The van der Waals surface area contributed by atoms with Gasteiger partial charge in [0.1, 0.15) is 5.82 Å². The maximum atomic E-state index is 9.70. The number of piperidine rings is 1. The molecule has 4 rings (SSSR count). The van der Waals surface area contributed by atoms with Gasteiger partial charge in [-0.05, 0) is 82.8 Å². The van der Waals surface area contributed by atoms with Crippen LogP contribution in [0.1, 0.15) is 56.2 Å². The van der Waals surface area contributed by atoms with Crippen molar-refractivity contribution in [3.05, 3.63) is 59.8 Å². The topological polar surface area (TPSA) is 91.5 Å². The zero-order chi connectivity index (χ0) is 22.9. The minimum absolute atomic E-state index is 0.191. The minimum Gasteiger partial charge on any atom is -0.481 e. The van der Waals surface area contributed by atoms with Gasteiger partial charge < -0.3 is 21.1 Å². The molecule has 0 atom stereocenters. The van der Waals surface area contributed by atoms with Crippen LogP contribution >= 0.6 is 0 Å². The van der Waals surface area contributed by atoms with E-state index in [9.17, 15) is 4.79 Å². The number of nitrogens with zero attached hydrogens (tertiary/aromatic N) is 2. The van der Waals surface area contributed by atoms with Crippen LogP contribution in [0.4, 0.5) is 5.82 Å². The lowest BCUT2D eigenvalue weighted by molar-refractivity contribution is -0.137. The fourth-order valence-electron chi connectivity index (χ4n) is 3.81. The second-order valence-electron chi connectivity index (χ2n) is 8.29. The molecule has 1 fully saturated rings. The number of carbonyl (C=O) groups is 1. The number of pyridine rings is 1. The van der Waals surface area contributed by atoms with Crippen molar-refractivity contribution in [3.8, 4) is 0 Å². The van der Waals surface area contributed by atoms with Crippen LogP contribution in [-0.2, 0) is 17.6 Å². The second kappa shape index (κ2) is 16.2. The molecule has 1 saturated heterocycles. The molecule has 0 saturated carbocycles. The molecule has 1 aromatic heterocycles. The van der Waals surface area contributed by atoms with Crippen molar-refractivity contribution < 1.29 is 9.90 Å². The average Bonchev–Trinajstić information content (AvgIpc) is 2.85. The van der Waals surface area contributed by atoms with E-state index in [1.165, 1.54) is 69.4 Å². The second-order valence-corrected chi connectivity index (χ2v) is 8.29. The molecule has 0 aliphatic carbocycles. The summed E-state index contributed by atoms with van der Waals surface area (Å²) in [7, 11) is 0. The van der Waals surface area contributed by atoms with E-state index in [2.05, 4.69) is 22.3 Å². The monoisotopic (exact) mass is 440 g/mol. The number of carboxylic acids is 1. The Morgan fingerprint density at radius 3 is 2.28 bits per heavy atom. The van der Waals surface area contributed by atoms with Gasteiger partial charge in [-0.3, -0.25) is 4.79 Å². The number of aliphatic carboxylic acids is 1. The van der Waals surface area contributed by atoms with E-state index < -0.39 is 5.97 Å². The van der Waals surface area contributed by atoms with Crippen molar-refractivity contribution in [3.63, 3.8) is 0 Å². The summed E-state index contributed by atoms with van der Waals surface area (Å²) in [5.41, 5.74) is 7.66. The third-order valence-corrected chi connectivity index (χ3v) is 5.57. The predicted octanol–water partition coefficient (Wildman–Crippen LogP) is 4.35. The van der Waals surface area contributed by atoms with Gasteiger partial charge in [0.05, 0.1) is 0 Å². The number of hydrogen-bond donors (Lipinski definition) is 3. The van der Waals surface area contributed by atoms with E-state index in [1.54, 1.807) is 0 Å². The number of hydrogen-bond acceptors (Lipinski definition) is 5. The van der Waals surface area contributed by atoms with Crippen LogP contribution < -0.4 is 11.1 Å². The Balaban J connectivity index is 0.000000229. The molecule has 0 unspecified atom stereocenters. The van der Waals surface area contributed by atoms with Crippen LogP contribution in [-0.4, -0.2) is 53.7 Å². The molecule has 0 radical (unpaired) electrons. The van der Waals surface area contributed by atoms with Crippen molar-refractivity contribution in [2.45, 2.75) is 57.8 Å². The molecule has 1 aromatic carbocycles. The number of fused-ring (bicyclic) bond motifs is 1. The van der Waals surface area contributed by atoms with Crippen LogP contribution in [0, 0.1) is 0 Å². The van der Waals surface area contributed by atoms with Crippen molar-refractivity contribution in [1.82, 2.24) is 9.88 Å². The Bertz CT molecular complexity index is 722. The van der Waals surface area contributed by atoms with Crippen molar-refractivity contribution in [2.24, 2.45) is 5.73 Å².